The maximum atomic E-state index is 11.0. The van der Waals surface area contributed by atoms with Crippen LogP contribution >= 0.6 is 22.9 Å². The Morgan fingerprint density at radius 2 is 2.40 bits per heavy atom. The van der Waals surface area contributed by atoms with E-state index in [0.717, 1.165) is 36.5 Å². The molecule has 1 aliphatic rings. The van der Waals surface area contributed by atoms with Crippen molar-refractivity contribution in [3.63, 3.8) is 0 Å². The lowest BCUT2D eigenvalue weighted by Gasteiger charge is -2.25. The molecule has 0 saturated heterocycles. The van der Waals surface area contributed by atoms with Crippen molar-refractivity contribution in [2.45, 2.75) is 19.9 Å². The van der Waals surface area contributed by atoms with E-state index in [1.54, 1.807) is 0 Å². The summed E-state index contributed by atoms with van der Waals surface area (Å²) in [7, 11) is 0. The molecule has 0 amide bonds. The molecule has 0 fully saturated rings. The van der Waals surface area contributed by atoms with Gasteiger partial charge in [-0.3, -0.25) is 4.90 Å². The van der Waals surface area contributed by atoms with Crippen LogP contribution < -0.4 is 0 Å². The van der Waals surface area contributed by atoms with Crippen LogP contribution in [0.3, 0.4) is 0 Å². The van der Waals surface area contributed by atoms with Gasteiger partial charge < -0.3 is 5.11 Å². The van der Waals surface area contributed by atoms with Gasteiger partial charge in [-0.15, -0.1) is 11.3 Å². The number of hydrogen-bond acceptors (Lipinski definition) is 3. The molecule has 2 heterocycles. The Morgan fingerprint density at radius 1 is 1.67 bits per heavy atom. The number of nitrogens with zero attached hydrogens (tertiary/aromatic N) is 1. The first-order valence-electron chi connectivity index (χ1n) is 4.89. The first-order chi connectivity index (χ1) is 7.13. The normalized spacial score (nSPS) is 16.4. The van der Waals surface area contributed by atoms with Crippen LogP contribution in [-0.2, 0) is 13.0 Å². The number of carboxylic acids is 1. The van der Waals surface area contributed by atoms with Crippen molar-refractivity contribution in [1.82, 2.24) is 4.90 Å². The van der Waals surface area contributed by atoms with Crippen molar-refractivity contribution in [1.29, 1.82) is 0 Å². The number of hydrogen-bond donors (Lipinski definition) is 1. The zero-order chi connectivity index (χ0) is 11.0. The molecule has 0 radical (unpaired) electrons. The number of halogens is 1. The summed E-state index contributed by atoms with van der Waals surface area (Å²) >= 11 is 7.35. The SMILES string of the molecule is CCN1CCc2c(sc(Cl)c2C(=O)O)C1. The smallest absolute Gasteiger partial charge is 0.338 e. The predicted molar refractivity (Wildman–Crippen MR) is 60.9 cm³/mol. The fraction of sp³-hybridized carbons (Fsp3) is 0.500. The summed E-state index contributed by atoms with van der Waals surface area (Å²) in [4.78, 5) is 14.4. The van der Waals surface area contributed by atoms with Crippen LogP contribution in [0.25, 0.3) is 0 Å². The highest BCUT2D eigenvalue weighted by molar-refractivity contribution is 7.16. The van der Waals surface area contributed by atoms with Crippen LogP contribution in [0.4, 0.5) is 0 Å². The third-order valence-corrected chi connectivity index (χ3v) is 4.18. The van der Waals surface area contributed by atoms with E-state index in [9.17, 15) is 4.79 Å². The van der Waals surface area contributed by atoms with Crippen molar-refractivity contribution < 1.29 is 9.90 Å². The van der Waals surface area contributed by atoms with E-state index in [4.69, 9.17) is 16.7 Å². The summed E-state index contributed by atoms with van der Waals surface area (Å²) in [5, 5.41) is 9.04. The van der Waals surface area contributed by atoms with Gasteiger partial charge in [0, 0.05) is 18.0 Å². The summed E-state index contributed by atoms with van der Waals surface area (Å²) < 4.78 is 0.422. The number of carbonyl (C=O) groups is 1. The molecule has 0 saturated carbocycles. The Morgan fingerprint density at radius 3 is 3.00 bits per heavy atom. The van der Waals surface area contributed by atoms with Gasteiger partial charge in [-0.25, -0.2) is 4.79 Å². The molecular formula is C10H12ClNO2S. The quantitative estimate of drug-likeness (QED) is 0.870. The van der Waals surface area contributed by atoms with Crippen LogP contribution in [-0.4, -0.2) is 29.1 Å². The van der Waals surface area contributed by atoms with Gasteiger partial charge in [-0.1, -0.05) is 18.5 Å². The second-order valence-corrected chi connectivity index (χ2v) is 5.28. The molecule has 2 rings (SSSR count). The molecule has 0 unspecified atom stereocenters. The third kappa shape index (κ3) is 1.89. The number of rotatable bonds is 2. The topological polar surface area (TPSA) is 40.5 Å². The molecular weight excluding hydrogens is 234 g/mol. The molecule has 3 nitrogen and oxygen atoms in total. The number of aromatic carboxylic acids is 1. The molecule has 0 bridgehead atoms. The second kappa shape index (κ2) is 4.12. The second-order valence-electron chi connectivity index (χ2n) is 3.58. The maximum absolute atomic E-state index is 11.0. The lowest BCUT2D eigenvalue weighted by molar-refractivity contribution is 0.0695. The molecule has 1 N–H and O–H groups in total. The van der Waals surface area contributed by atoms with E-state index in [1.807, 2.05) is 0 Å². The standard InChI is InChI=1S/C10H12ClNO2S/c1-2-12-4-3-6-7(5-12)15-9(11)8(6)10(13)14/h2-5H2,1H3,(H,13,14). The van der Waals surface area contributed by atoms with Crippen LogP contribution in [0.15, 0.2) is 0 Å². The molecule has 82 valence electrons. The third-order valence-electron chi connectivity index (χ3n) is 2.75. The van der Waals surface area contributed by atoms with Gasteiger partial charge >= 0.3 is 5.97 Å². The van der Waals surface area contributed by atoms with Crippen LogP contribution in [0.1, 0.15) is 27.7 Å². The van der Waals surface area contributed by atoms with Crippen molar-refractivity contribution in [2.24, 2.45) is 0 Å². The Bertz CT molecular complexity index is 402. The summed E-state index contributed by atoms with van der Waals surface area (Å²) in [6, 6.07) is 0. The monoisotopic (exact) mass is 245 g/mol. The van der Waals surface area contributed by atoms with E-state index in [-0.39, 0.29) is 0 Å². The van der Waals surface area contributed by atoms with Gasteiger partial charge in [0.05, 0.1) is 5.56 Å². The van der Waals surface area contributed by atoms with Gasteiger partial charge in [-0.2, -0.15) is 0 Å². The van der Waals surface area contributed by atoms with E-state index in [2.05, 4.69) is 11.8 Å². The Balaban J connectivity index is 2.39. The molecule has 1 aromatic rings. The molecule has 1 aromatic heterocycles. The molecule has 5 heteroatoms. The summed E-state index contributed by atoms with van der Waals surface area (Å²) in [6.07, 6.45) is 0.800. The minimum absolute atomic E-state index is 0.326. The Hall–Kier alpha value is -0.580. The number of thiophene rings is 1. The van der Waals surface area contributed by atoms with Crippen molar-refractivity contribution in [3.8, 4) is 0 Å². The van der Waals surface area contributed by atoms with E-state index < -0.39 is 5.97 Å². The van der Waals surface area contributed by atoms with Crippen molar-refractivity contribution in [2.75, 3.05) is 13.1 Å². The average molecular weight is 246 g/mol. The zero-order valence-electron chi connectivity index (χ0n) is 8.42. The van der Waals surface area contributed by atoms with Gasteiger partial charge in [0.15, 0.2) is 0 Å². The average Bonchev–Trinajstić information content (AvgIpc) is 2.52. The summed E-state index contributed by atoms with van der Waals surface area (Å²) in [5.41, 5.74) is 1.27. The van der Waals surface area contributed by atoms with Gasteiger partial charge in [0.2, 0.25) is 0 Å². The maximum Gasteiger partial charge on any atom is 0.338 e. The molecule has 0 atom stereocenters. The minimum Gasteiger partial charge on any atom is -0.478 e. The molecule has 15 heavy (non-hydrogen) atoms. The zero-order valence-corrected chi connectivity index (χ0v) is 9.99. The first-order valence-corrected chi connectivity index (χ1v) is 6.08. The van der Waals surface area contributed by atoms with Gasteiger partial charge in [0.1, 0.15) is 4.34 Å². The van der Waals surface area contributed by atoms with Gasteiger partial charge in [-0.05, 0) is 18.5 Å². The molecule has 1 aliphatic heterocycles. The van der Waals surface area contributed by atoms with Crippen molar-refractivity contribution in [3.05, 3.63) is 20.3 Å². The molecule has 0 spiro atoms. The number of likely N-dealkylation sites (N-methyl/N-ethyl adjacent to an activating group) is 1. The number of carboxylic acid groups (broad SMARTS) is 1. The lowest BCUT2D eigenvalue weighted by Crippen LogP contribution is -2.29. The lowest BCUT2D eigenvalue weighted by atomic mass is 10.0. The fourth-order valence-electron chi connectivity index (χ4n) is 1.91. The highest BCUT2D eigenvalue weighted by Gasteiger charge is 2.26. The predicted octanol–water partition coefficient (Wildman–Crippen LogP) is 2.48. The van der Waals surface area contributed by atoms with Crippen LogP contribution in [0.5, 0.6) is 0 Å². The van der Waals surface area contributed by atoms with Gasteiger partial charge in [0.25, 0.3) is 0 Å². The fourth-order valence-corrected chi connectivity index (χ4v) is 3.48. The van der Waals surface area contributed by atoms with Crippen molar-refractivity contribution >= 4 is 28.9 Å². The molecule has 0 aliphatic carbocycles. The van der Waals surface area contributed by atoms with Crippen LogP contribution in [0.2, 0.25) is 4.34 Å². The Labute approximate surface area is 97.3 Å². The molecule has 0 aromatic carbocycles. The Kier molecular flexibility index (Phi) is 3.00. The summed E-state index contributed by atoms with van der Waals surface area (Å²) in [6.45, 7) is 4.87. The van der Waals surface area contributed by atoms with Crippen LogP contribution in [0, 0.1) is 0 Å². The largest absolute Gasteiger partial charge is 0.478 e. The summed E-state index contributed by atoms with van der Waals surface area (Å²) in [5.74, 6) is -0.901. The number of fused-ring (bicyclic) bond motifs is 1. The van der Waals surface area contributed by atoms with E-state index >= 15 is 0 Å². The van der Waals surface area contributed by atoms with E-state index in [0.29, 0.717) is 9.90 Å². The minimum atomic E-state index is -0.901. The highest BCUT2D eigenvalue weighted by atomic mass is 35.5. The van der Waals surface area contributed by atoms with E-state index in [1.165, 1.54) is 11.3 Å². The highest BCUT2D eigenvalue weighted by Crippen LogP contribution is 2.36. The first kappa shape index (κ1) is 10.9.